The molecule has 11 amide bonds. The van der Waals surface area contributed by atoms with Crippen molar-refractivity contribution in [3.63, 3.8) is 0 Å². The van der Waals surface area contributed by atoms with Gasteiger partial charge in [0.15, 0.2) is 0 Å². The number of nitrogens with two attached hydrogens (primary N) is 3. The number of aromatic nitrogens is 1. The molecule has 0 spiro atoms. The Morgan fingerprint density at radius 1 is 0.808 bits per heavy atom. The first-order chi connectivity index (χ1) is 34.6. The fourth-order valence-corrected chi connectivity index (χ4v) is 9.40. The minimum absolute atomic E-state index is 0.0329. The lowest BCUT2D eigenvalue weighted by Crippen LogP contribution is -2.61. The minimum Gasteiger partial charge on any atom is -0.508 e. The molecule has 0 radical (unpaired) electrons. The van der Waals surface area contributed by atoms with Gasteiger partial charge in [0.25, 0.3) is 0 Å². The molecule has 1 saturated heterocycles. The van der Waals surface area contributed by atoms with E-state index in [0.29, 0.717) is 17.7 Å². The van der Waals surface area contributed by atoms with Crippen LogP contribution < -0.4 is 54.4 Å². The number of amides is 11. The number of nitrogens with zero attached hydrogens (tertiary/aromatic N) is 2. The van der Waals surface area contributed by atoms with Crippen LogP contribution in [0.2, 0.25) is 0 Å². The second-order valence-corrected chi connectivity index (χ2v) is 20.5. The van der Waals surface area contributed by atoms with Crippen LogP contribution in [-0.4, -0.2) is 147 Å². The lowest BCUT2D eigenvalue weighted by atomic mass is 9.96. The largest absolute Gasteiger partial charge is 0.508 e. The number of carbonyl (C=O) groups excluding carboxylic acids is 11. The monoisotopic (exact) mass is 1060 g/mol. The van der Waals surface area contributed by atoms with E-state index >= 15 is 0 Å². The summed E-state index contributed by atoms with van der Waals surface area (Å²) in [6, 6.07) is 2.48. The van der Waals surface area contributed by atoms with E-state index in [2.05, 4.69) is 42.2 Å². The second kappa shape index (κ2) is 30.8. The van der Waals surface area contributed by atoms with Crippen LogP contribution in [0.15, 0.2) is 48.7 Å². The van der Waals surface area contributed by atoms with Gasteiger partial charge in [-0.2, -0.15) is 0 Å². The molecule has 1 aromatic carbocycles. The molecule has 73 heavy (non-hydrogen) atoms. The van der Waals surface area contributed by atoms with Gasteiger partial charge in [0, 0.05) is 55.6 Å². The molecule has 0 saturated carbocycles. The Balaban J connectivity index is 2.09. The highest BCUT2D eigenvalue weighted by Crippen LogP contribution is 2.24. The number of pyridine rings is 1. The standard InChI is InChI=1S/C47H68N12O12S2/c1-5-27(4)41-46(70)55-31(13-14-36(48)61)43(67)56-34(22-37(49)62)44(68)57-35(25-73-72-19-16-39(64)53-33(45(69)58-41)21-28-9-11-30(60)12-10-28)47(71)59(18-15-29-8-6-7-17-51-29)24-40(65)54-32(20-26(2)3)42(66)52-23-38(50)63/h6-12,17,26-27,31-35,41,60H,5,13-16,18-25H2,1-4H3,(H2,48,61)(H2,49,62)(H2,50,63)(H,52,66)(H,53,64)(H,54,65)(H,55,70)(H,56,67)(H,57,68)(H,58,69)/t27-,31-,32-,33-,34-,35-,41-/m0/s1. The summed E-state index contributed by atoms with van der Waals surface area (Å²) < 4.78 is 0. The predicted octanol–water partition coefficient (Wildman–Crippen LogP) is -2.07. The van der Waals surface area contributed by atoms with Crippen molar-refractivity contribution in [1.82, 2.24) is 47.1 Å². The first kappa shape index (κ1) is 60.3. The molecule has 2 heterocycles. The number of benzene rings is 1. The van der Waals surface area contributed by atoms with Crippen molar-refractivity contribution in [3.05, 3.63) is 59.9 Å². The number of rotatable bonds is 21. The number of phenolic OH excluding ortho intramolecular Hbond substituents is 1. The summed E-state index contributed by atoms with van der Waals surface area (Å²) in [5.41, 5.74) is 17.3. The van der Waals surface area contributed by atoms with Crippen molar-refractivity contribution in [1.29, 1.82) is 0 Å². The van der Waals surface area contributed by atoms with Gasteiger partial charge in [0.2, 0.25) is 65.0 Å². The molecule has 24 nitrogen and oxygen atoms in total. The summed E-state index contributed by atoms with van der Waals surface area (Å²) in [6.45, 7) is 5.75. The molecule has 0 unspecified atom stereocenters. The van der Waals surface area contributed by atoms with Crippen LogP contribution in [0.25, 0.3) is 0 Å². The van der Waals surface area contributed by atoms with Gasteiger partial charge in [-0.1, -0.05) is 73.9 Å². The van der Waals surface area contributed by atoms with E-state index < -0.39 is 139 Å². The van der Waals surface area contributed by atoms with Crippen LogP contribution in [0.1, 0.15) is 77.5 Å². The molecule has 400 valence electrons. The Morgan fingerprint density at radius 3 is 2.10 bits per heavy atom. The molecule has 0 bridgehead atoms. The molecule has 1 aromatic heterocycles. The van der Waals surface area contributed by atoms with E-state index in [1.807, 2.05) is 0 Å². The number of hydrogen-bond donors (Lipinski definition) is 11. The third-order valence-corrected chi connectivity index (χ3v) is 13.7. The summed E-state index contributed by atoms with van der Waals surface area (Å²) in [5.74, 6) is -10.1. The summed E-state index contributed by atoms with van der Waals surface area (Å²) in [4.78, 5) is 153. The van der Waals surface area contributed by atoms with Crippen molar-refractivity contribution in [3.8, 4) is 5.75 Å². The van der Waals surface area contributed by atoms with E-state index in [1.54, 1.807) is 58.0 Å². The van der Waals surface area contributed by atoms with Crippen molar-refractivity contribution in [2.45, 2.75) is 115 Å². The van der Waals surface area contributed by atoms with Gasteiger partial charge < -0.3 is 64.4 Å². The van der Waals surface area contributed by atoms with Crippen molar-refractivity contribution in [2.24, 2.45) is 29.0 Å². The van der Waals surface area contributed by atoms with E-state index in [1.165, 1.54) is 18.3 Å². The molecule has 7 atom stereocenters. The van der Waals surface area contributed by atoms with Gasteiger partial charge in [-0.15, -0.1) is 0 Å². The molecule has 0 aliphatic carbocycles. The summed E-state index contributed by atoms with van der Waals surface area (Å²) in [6.07, 6.45) is 0.306. The number of phenols is 1. The Bertz CT molecular complexity index is 2260. The molecule has 1 aliphatic rings. The highest BCUT2D eigenvalue weighted by molar-refractivity contribution is 8.76. The van der Waals surface area contributed by atoms with E-state index in [0.717, 1.165) is 26.5 Å². The van der Waals surface area contributed by atoms with Gasteiger partial charge >= 0.3 is 0 Å². The highest BCUT2D eigenvalue weighted by atomic mass is 33.1. The Morgan fingerprint density at radius 2 is 1.48 bits per heavy atom. The van der Waals surface area contributed by atoms with Crippen molar-refractivity contribution >= 4 is 86.6 Å². The average molecular weight is 1060 g/mol. The molecule has 1 fully saturated rings. The Kier molecular flexibility index (Phi) is 25.5. The molecule has 1 aliphatic heterocycles. The summed E-state index contributed by atoms with van der Waals surface area (Å²) in [5, 5.41) is 27.8. The van der Waals surface area contributed by atoms with Crippen LogP contribution in [0.3, 0.4) is 0 Å². The number of primary amides is 3. The number of hydrogen-bond acceptors (Lipinski definition) is 15. The zero-order valence-corrected chi connectivity index (χ0v) is 42.9. The van der Waals surface area contributed by atoms with Gasteiger partial charge in [-0.3, -0.25) is 57.7 Å². The van der Waals surface area contributed by atoms with Gasteiger partial charge in [-0.05, 0) is 54.5 Å². The van der Waals surface area contributed by atoms with Gasteiger partial charge in [-0.25, -0.2) is 0 Å². The first-order valence-corrected chi connectivity index (χ1v) is 26.2. The van der Waals surface area contributed by atoms with Crippen LogP contribution in [0.4, 0.5) is 0 Å². The van der Waals surface area contributed by atoms with E-state index in [9.17, 15) is 57.8 Å². The number of aromatic hydroxyl groups is 1. The van der Waals surface area contributed by atoms with Crippen molar-refractivity contribution < 1.29 is 57.8 Å². The average Bonchev–Trinajstić information content (AvgIpc) is 3.33. The lowest BCUT2D eigenvalue weighted by Gasteiger charge is -2.30. The maximum absolute atomic E-state index is 14.8. The van der Waals surface area contributed by atoms with E-state index in [-0.39, 0.29) is 55.4 Å². The molecular weight excluding hydrogens is 989 g/mol. The highest BCUT2D eigenvalue weighted by Gasteiger charge is 2.36. The lowest BCUT2D eigenvalue weighted by molar-refractivity contribution is -0.140. The second-order valence-electron chi connectivity index (χ2n) is 17.8. The number of carbonyl (C=O) groups is 11. The van der Waals surface area contributed by atoms with Crippen LogP contribution in [0, 0.1) is 11.8 Å². The van der Waals surface area contributed by atoms with Crippen LogP contribution in [0.5, 0.6) is 5.75 Å². The van der Waals surface area contributed by atoms with Gasteiger partial charge in [0.1, 0.15) is 42.0 Å². The maximum Gasteiger partial charge on any atom is 0.246 e. The quantitative estimate of drug-likeness (QED) is 0.0599. The third-order valence-electron chi connectivity index (χ3n) is 11.3. The third kappa shape index (κ3) is 22.1. The molecule has 26 heteroatoms. The topological polar surface area (TPSA) is 386 Å². The Hall–Kier alpha value is -6.96. The molecule has 2 aromatic rings. The summed E-state index contributed by atoms with van der Waals surface area (Å²) in [7, 11) is 2.19. The first-order valence-electron chi connectivity index (χ1n) is 23.7. The molecule has 3 rings (SSSR count). The zero-order chi connectivity index (χ0) is 54.2. The SMILES string of the molecule is CC[C@H](C)[C@@H]1NC(=O)[C@H](Cc2ccc(O)cc2)NC(=O)CCSSC[C@@H](C(=O)N(CCc2ccccn2)CC(=O)N[C@@H](CC(C)C)C(=O)NCC(N)=O)NC(=O)[C@H](CC(N)=O)NC(=O)[C@H](CCC(N)=O)NC1=O. The Labute approximate surface area is 431 Å². The maximum atomic E-state index is 14.8. The zero-order valence-electron chi connectivity index (χ0n) is 41.3. The fourth-order valence-electron chi connectivity index (χ4n) is 7.25. The minimum atomic E-state index is -1.77. The smallest absolute Gasteiger partial charge is 0.246 e. The van der Waals surface area contributed by atoms with Gasteiger partial charge in [0.05, 0.1) is 19.5 Å². The van der Waals surface area contributed by atoms with Crippen molar-refractivity contribution in [2.75, 3.05) is 31.1 Å². The van der Waals surface area contributed by atoms with Crippen LogP contribution >= 0.6 is 21.6 Å². The fraction of sp³-hybridized carbons (Fsp3) is 0.532. The summed E-state index contributed by atoms with van der Waals surface area (Å²) >= 11 is 0. The number of nitrogens with one attached hydrogen (secondary N) is 7. The predicted molar refractivity (Wildman–Crippen MR) is 271 cm³/mol. The van der Waals surface area contributed by atoms with E-state index in [4.69, 9.17) is 17.2 Å². The normalized spacial score (nSPS) is 20.3. The molecule has 14 N–H and O–H groups in total. The van der Waals surface area contributed by atoms with Crippen LogP contribution in [-0.2, 0) is 65.6 Å². The molecular formula is C47H68N12O12S2.